The fourth-order valence-electron chi connectivity index (χ4n) is 2.49. The molecule has 0 saturated carbocycles. The zero-order valence-corrected chi connectivity index (χ0v) is 14.4. The minimum atomic E-state index is -0.393. The van der Waals surface area contributed by atoms with E-state index < -0.39 is 5.97 Å². The number of hydrogen-bond acceptors (Lipinski definition) is 5. The Morgan fingerprint density at radius 1 is 1.20 bits per heavy atom. The Kier molecular flexibility index (Phi) is 7.40. The molecule has 1 saturated heterocycles. The van der Waals surface area contributed by atoms with Crippen LogP contribution in [0.4, 0.5) is 5.69 Å². The van der Waals surface area contributed by atoms with Crippen molar-refractivity contribution < 1.29 is 23.9 Å². The molecule has 1 aliphatic rings. The van der Waals surface area contributed by atoms with Crippen LogP contribution in [0.1, 0.15) is 43.0 Å². The first-order valence-corrected chi connectivity index (χ1v) is 8.54. The van der Waals surface area contributed by atoms with Crippen molar-refractivity contribution in [2.75, 3.05) is 25.1 Å². The molecule has 1 aliphatic heterocycles. The smallest absolute Gasteiger partial charge is 0.306 e. The van der Waals surface area contributed by atoms with Crippen LogP contribution in [0.15, 0.2) is 24.3 Å². The van der Waals surface area contributed by atoms with Gasteiger partial charge in [-0.3, -0.25) is 14.4 Å². The minimum absolute atomic E-state index is 0.0450. The molecule has 7 heteroatoms. The number of carbonyl (C=O) groups is 3. The zero-order valence-electron chi connectivity index (χ0n) is 14.4. The third-order valence-electron chi connectivity index (χ3n) is 3.81. The number of rotatable bonds is 8. The summed E-state index contributed by atoms with van der Waals surface area (Å²) in [4.78, 5) is 35.1. The molecule has 0 aromatic heterocycles. The van der Waals surface area contributed by atoms with Crippen LogP contribution in [0.2, 0.25) is 0 Å². The van der Waals surface area contributed by atoms with Crippen molar-refractivity contribution in [3.05, 3.63) is 29.8 Å². The van der Waals surface area contributed by atoms with Gasteiger partial charge >= 0.3 is 5.97 Å². The minimum Gasteiger partial charge on any atom is -0.466 e. The average Bonchev–Trinajstić information content (AvgIpc) is 3.12. The molecule has 0 radical (unpaired) electrons. The first kappa shape index (κ1) is 18.9. The Labute approximate surface area is 147 Å². The van der Waals surface area contributed by atoms with Crippen LogP contribution in [-0.2, 0) is 19.1 Å². The molecule has 0 aliphatic carbocycles. The predicted octanol–water partition coefficient (Wildman–Crippen LogP) is 1.88. The second-order valence-corrected chi connectivity index (χ2v) is 5.78. The van der Waals surface area contributed by atoms with Crippen LogP contribution in [0.5, 0.6) is 0 Å². The van der Waals surface area contributed by atoms with Gasteiger partial charge in [-0.15, -0.1) is 0 Å². The van der Waals surface area contributed by atoms with Crippen LogP contribution < -0.4 is 10.6 Å². The number of ether oxygens (including phenoxy) is 2. The third-order valence-corrected chi connectivity index (χ3v) is 3.81. The predicted molar refractivity (Wildman–Crippen MR) is 92.2 cm³/mol. The van der Waals surface area contributed by atoms with Crippen molar-refractivity contribution in [1.82, 2.24) is 5.32 Å². The fraction of sp³-hybridized carbons (Fsp3) is 0.500. The Balaban J connectivity index is 1.75. The largest absolute Gasteiger partial charge is 0.466 e. The highest BCUT2D eigenvalue weighted by molar-refractivity contribution is 5.96. The molecule has 7 nitrogen and oxygen atoms in total. The van der Waals surface area contributed by atoms with Gasteiger partial charge in [0.15, 0.2) is 0 Å². The molecule has 1 atom stereocenters. The van der Waals surface area contributed by atoms with Gasteiger partial charge in [-0.05, 0) is 44.0 Å². The van der Waals surface area contributed by atoms with Gasteiger partial charge in [-0.2, -0.15) is 0 Å². The van der Waals surface area contributed by atoms with Crippen LogP contribution in [0, 0.1) is 0 Å². The second kappa shape index (κ2) is 9.78. The highest BCUT2D eigenvalue weighted by atomic mass is 16.5. The second-order valence-electron chi connectivity index (χ2n) is 5.78. The Bertz CT molecular complexity index is 594. The van der Waals surface area contributed by atoms with Gasteiger partial charge in [-0.25, -0.2) is 0 Å². The van der Waals surface area contributed by atoms with E-state index in [4.69, 9.17) is 9.47 Å². The maximum absolute atomic E-state index is 12.1. The lowest BCUT2D eigenvalue weighted by molar-refractivity contribution is -0.144. The summed E-state index contributed by atoms with van der Waals surface area (Å²) in [5.41, 5.74) is 1.09. The molecule has 1 heterocycles. The molecule has 1 fully saturated rings. The maximum atomic E-state index is 12.1. The highest BCUT2D eigenvalue weighted by Gasteiger charge is 2.16. The number of esters is 1. The van der Waals surface area contributed by atoms with Crippen molar-refractivity contribution >= 4 is 23.5 Å². The van der Waals surface area contributed by atoms with Gasteiger partial charge in [0.2, 0.25) is 5.91 Å². The number of hydrogen-bond donors (Lipinski definition) is 2. The normalized spacial score (nSPS) is 16.3. The molecule has 1 aromatic carbocycles. The lowest BCUT2D eigenvalue weighted by Gasteiger charge is -2.11. The molecule has 2 N–H and O–H groups in total. The molecular weight excluding hydrogens is 324 g/mol. The van der Waals surface area contributed by atoms with E-state index in [0.29, 0.717) is 24.4 Å². The van der Waals surface area contributed by atoms with E-state index >= 15 is 0 Å². The lowest BCUT2D eigenvalue weighted by Crippen LogP contribution is -2.31. The topological polar surface area (TPSA) is 93.7 Å². The Morgan fingerprint density at radius 3 is 2.60 bits per heavy atom. The molecule has 0 unspecified atom stereocenters. The first-order chi connectivity index (χ1) is 12.1. The lowest BCUT2D eigenvalue weighted by atomic mass is 10.1. The summed E-state index contributed by atoms with van der Waals surface area (Å²) in [5, 5.41) is 5.53. The molecule has 0 spiro atoms. The van der Waals surface area contributed by atoms with Crippen molar-refractivity contribution in [1.29, 1.82) is 0 Å². The zero-order chi connectivity index (χ0) is 18.1. The van der Waals surface area contributed by atoms with Crippen LogP contribution in [0.25, 0.3) is 0 Å². The van der Waals surface area contributed by atoms with Gasteiger partial charge in [0.25, 0.3) is 5.91 Å². The average molecular weight is 348 g/mol. The summed E-state index contributed by atoms with van der Waals surface area (Å²) in [7, 11) is 0. The van der Waals surface area contributed by atoms with Gasteiger partial charge in [0, 0.05) is 30.8 Å². The monoisotopic (exact) mass is 348 g/mol. The van der Waals surface area contributed by atoms with Gasteiger partial charge in [-0.1, -0.05) is 0 Å². The number of carbonyl (C=O) groups excluding carboxylic acids is 3. The van der Waals surface area contributed by atoms with E-state index in [2.05, 4.69) is 10.6 Å². The van der Waals surface area contributed by atoms with E-state index in [1.54, 1.807) is 31.2 Å². The number of amides is 2. The molecule has 136 valence electrons. The summed E-state index contributed by atoms with van der Waals surface area (Å²) in [6, 6.07) is 6.60. The quantitative estimate of drug-likeness (QED) is 0.700. The number of anilines is 1. The van der Waals surface area contributed by atoms with Gasteiger partial charge < -0.3 is 20.1 Å². The van der Waals surface area contributed by atoms with Crippen molar-refractivity contribution in [2.24, 2.45) is 0 Å². The third kappa shape index (κ3) is 6.54. The van der Waals surface area contributed by atoms with Crippen molar-refractivity contribution in [2.45, 2.75) is 38.7 Å². The van der Waals surface area contributed by atoms with E-state index in [-0.39, 0.29) is 30.8 Å². The Morgan fingerprint density at radius 2 is 1.96 bits per heavy atom. The molecular formula is C18H24N2O5. The standard InChI is InChI=1S/C18H24N2O5/c1-2-24-17(22)10-9-16(21)20-14-7-5-13(6-8-14)18(23)19-12-15-4-3-11-25-15/h5-8,15H,2-4,9-12H2,1H3,(H,19,23)(H,20,21)/t15-/m1/s1. The molecule has 25 heavy (non-hydrogen) atoms. The summed E-state index contributed by atoms with van der Waals surface area (Å²) in [6.07, 6.45) is 2.20. The SMILES string of the molecule is CCOC(=O)CCC(=O)Nc1ccc(C(=O)NC[C@H]2CCCO2)cc1. The molecule has 0 bridgehead atoms. The highest BCUT2D eigenvalue weighted by Crippen LogP contribution is 2.12. The van der Waals surface area contributed by atoms with E-state index in [1.807, 2.05) is 0 Å². The van der Waals surface area contributed by atoms with Crippen LogP contribution in [0.3, 0.4) is 0 Å². The number of benzene rings is 1. The Hall–Kier alpha value is -2.41. The molecule has 2 rings (SSSR count). The summed E-state index contributed by atoms with van der Waals surface area (Å²) < 4.78 is 10.2. The van der Waals surface area contributed by atoms with E-state index in [0.717, 1.165) is 19.4 Å². The molecule has 2 amide bonds. The first-order valence-electron chi connectivity index (χ1n) is 8.54. The number of nitrogens with one attached hydrogen (secondary N) is 2. The van der Waals surface area contributed by atoms with Crippen molar-refractivity contribution in [3.8, 4) is 0 Å². The van der Waals surface area contributed by atoms with Crippen molar-refractivity contribution in [3.63, 3.8) is 0 Å². The van der Waals surface area contributed by atoms with Gasteiger partial charge in [0.05, 0.1) is 19.1 Å². The summed E-state index contributed by atoms with van der Waals surface area (Å²) >= 11 is 0. The molecule has 1 aromatic rings. The summed E-state index contributed by atoms with van der Waals surface area (Å²) in [6.45, 7) is 3.28. The maximum Gasteiger partial charge on any atom is 0.306 e. The fourth-order valence-corrected chi connectivity index (χ4v) is 2.49. The summed E-state index contributed by atoms with van der Waals surface area (Å²) in [5.74, 6) is -0.838. The van der Waals surface area contributed by atoms with Gasteiger partial charge in [0.1, 0.15) is 0 Å². The van der Waals surface area contributed by atoms with E-state index in [1.165, 1.54) is 0 Å². The van der Waals surface area contributed by atoms with Crippen LogP contribution >= 0.6 is 0 Å². The van der Waals surface area contributed by atoms with Crippen LogP contribution in [-0.4, -0.2) is 43.6 Å². The van der Waals surface area contributed by atoms with E-state index in [9.17, 15) is 14.4 Å².